The van der Waals surface area contributed by atoms with Gasteiger partial charge in [0.15, 0.2) is 0 Å². The first-order chi connectivity index (χ1) is 34.5. The van der Waals surface area contributed by atoms with Gasteiger partial charge in [-0.2, -0.15) is 0 Å². The lowest BCUT2D eigenvalue weighted by Crippen LogP contribution is -2.62. The van der Waals surface area contributed by atoms with E-state index in [-0.39, 0.29) is 31.7 Å². The van der Waals surface area contributed by atoms with Gasteiger partial charge in [0.25, 0.3) is 5.91 Å². The first-order valence-corrected chi connectivity index (χ1v) is 24.0. The third-order valence-electron chi connectivity index (χ3n) is 11.8. The van der Waals surface area contributed by atoms with Crippen LogP contribution >= 0.6 is 0 Å². The van der Waals surface area contributed by atoms with Crippen molar-refractivity contribution in [3.05, 3.63) is 122 Å². The van der Waals surface area contributed by atoms with E-state index in [1.54, 1.807) is 79.7 Å². The van der Waals surface area contributed by atoms with E-state index >= 15 is 14.4 Å². The lowest BCUT2D eigenvalue weighted by atomic mass is 9.94. The van der Waals surface area contributed by atoms with Crippen LogP contribution < -0.4 is 25.6 Å². The number of alkyl carbamates (subject to hydrolysis) is 1. The third kappa shape index (κ3) is 16.0. The zero-order valence-electron chi connectivity index (χ0n) is 42.9. The molecular weight excluding hydrogens is 947 g/mol. The average Bonchev–Trinajstić information content (AvgIpc) is 3.87. The highest BCUT2D eigenvalue weighted by atomic mass is 16.6. The van der Waals surface area contributed by atoms with Crippen molar-refractivity contribution in [3.63, 3.8) is 0 Å². The third-order valence-corrected chi connectivity index (χ3v) is 11.8. The normalized spacial score (nSPS) is 13.7. The number of benzene rings is 3. The number of rotatable bonds is 25. The monoisotopic (exact) mass is 1010 g/mol. The van der Waals surface area contributed by atoms with Crippen LogP contribution in [0, 0.1) is 32.1 Å². The van der Waals surface area contributed by atoms with Gasteiger partial charge in [-0.15, -0.1) is 0 Å². The molecule has 0 aliphatic heterocycles. The molecule has 4 N–H and O–H groups in total. The molecule has 0 saturated carbocycles. The number of para-hydroxylation sites is 1. The van der Waals surface area contributed by atoms with E-state index in [1.165, 1.54) is 19.4 Å². The molecular formula is C51H67N9O13. The van der Waals surface area contributed by atoms with E-state index < -0.39 is 117 Å². The molecule has 0 spiro atoms. The number of esters is 1. The summed E-state index contributed by atoms with van der Waals surface area (Å²) in [7, 11) is 1.13. The number of nitro groups is 2. The van der Waals surface area contributed by atoms with Crippen LogP contribution in [-0.4, -0.2) is 110 Å². The minimum absolute atomic E-state index is 0.0571. The van der Waals surface area contributed by atoms with Gasteiger partial charge in [-0.3, -0.25) is 44.3 Å². The number of nitrogens with zero attached hydrogens (tertiary/aromatic N) is 5. The Hall–Kier alpha value is -7.91. The highest BCUT2D eigenvalue weighted by Crippen LogP contribution is 2.39. The van der Waals surface area contributed by atoms with Crippen LogP contribution in [0.5, 0.6) is 5.75 Å². The average molecular weight is 1010 g/mol. The van der Waals surface area contributed by atoms with E-state index in [1.807, 2.05) is 30.3 Å². The van der Waals surface area contributed by atoms with Crippen molar-refractivity contribution in [2.24, 2.45) is 11.8 Å². The molecule has 0 unspecified atom stereocenters. The van der Waals surface area contributed by atoms with Crippen LogP contribution in [-0.2, 0) is 52.9 Å². The van der Waals surface area contributed by atoms with Gasteiger partial charge in [-0.25, -0.2) is 14.6 Å². The van der Waals surface area contributed by atoms with Crippen molar-refractivity contribution in [2.75, 3.05) is 18.6 Å². The summed E-state index contributed by atoms with van der Waals surface area (Å²) in [6.45, 7) is 15.0. The maximum atomic E-state index is 15.8. The van der Waals surface area contributed by atoms with Gasteiger partial charge in [0.2, 0.25) is 17.7 Å². The minimum atomic E-state index is -1.79. The smallest absolute Gasteiger partial charge is 0.408 e. The Kier molecular flexibility index (Phi) is 20.9. The number of hydrogen-bond donors (Lipinski definition) is 4. The van der Waals surface area contributed by atoms with Crippen LogP contribution in [0.3, 0.4) is 0 Å². The van der Waals surface area contributed by atoms with Crippen LogP contribution in [0.15, 0.2) is 85.3 Å². The van der Waals surface area contributed by atoms with Gasteiger partial charge in [-0.1, -0.05) is 89.6 Å². The van der Waals surface area contributed by atoms with Crippen molar-refractivity contribution in [1.29, 1.82) is 0 Å². The van der Waals surface area contributed by atoms with Gasteiger partial charge in [0.05, 0.1) is 29.0 Å². The first kappa shape index (κ1) is 57.7. The molecule has 0 saturated heterocycles. The van der Waals surface area contributed by atoms with Gasteiger partial charge in [0.1, 0.15) is 53.9 Å². The molecule has 0 aliphatic rings. The second-order valence-electron chi connectivity index (χ2n) is 18.8. The molecule has 0 aliphatic carbocycles. The van der Waals surface area contributed by atoms with E-state index in [9.17, 15) is 34.6 Å². The number of nitro benzene ring substituents is 2. The molecule has 22 heteroatoms. The Morgan fingerprint density at radius 2 is 1.45 bits per heavy atom. The molecule has 1 heterocycles. The maximum Gasteiger partial charge on any atom is 0.408 e. The number of ether oxygens (including phenoxy) is 3. The van der Waals surface area contributed by atoms with Crippen LogP contribution in [0.1, 0.15) is 92.0 Å². The number of amides is 5. The number of carbonyl (C=O) groups excluding carboxylic acids is 6. The summed E-state index contributed by atoms with van der Waals surface area (Å²) in [5.74, 6) is -5.32. The molecule has 394 valence electrons. The number of aromatic nitrogens is 2. The van der Waals surface area contributed by atoms with Crippen molar-refractivity contribution in [1.82, 2.24) is 30.8 Å². The van der Waals surface area contributed by atoms with Gasteiger partial charge in [0, 0.05) is 31.6 Å². The first-order valence-electron chi connectivity index (χ1n) is 24.0. The standard InChI is InChI=1S/C51H67N9O13/c1-11-25-57(33(6)49(65)71-10)47(63)41(27-36-28-52-30-53-36)58(39-19-16-20-40(59(67)68)44(39)60(69)70)48(64)43(32(5)12-2)55-45(61)38(54-46(62)42(31(3)4)56-50(66)73-51(7,8)9)26-34-21-23-37(24-22-34)72-29-35-17-14-13-15-18-35/h13-24,28,30-33,38,41-43H,11-12,25-27,29H2,1-10H3,(H,52,53)(H,54,62)(H,55,61)(H,56,66)/t32-,33-,38-,41-,42-,43-/m0/s1. The van der Waals surface area contributed by atoms with E-state index in [0.29, 0.717) is 17.7 Å². The van der Waals surface area contributed by atoms with Gasteiger partial charge >= 0.3 is 23.4 Å². The number of H-pyrrole nitrogens is 1. The van der Waals surface area contributed by atoms with E-state index in [4.69, 9.17) is 14.2 Å². The largest absolute Gasteiger partial charge is 0.489 e. The molecule has 73 heavy (non-hydrogen) atoms. The highest BCUT2D eigenvalue weighted by Gasteiger charge is 2.46. The summed E-state index contributed by atoms with van der Waals surface area (Å²) in [6, 6.07) is 12.0. The number of hydrogen-bond acceptors (Lipinski definition) is 14. The maximum absolute atomic E-state index is 15.8. The van der Waals surface area contributed by atoms with Crippen LogP contribution in [0.4, 0.5) is 21.9 Å². The molecule has 4 aromatic rings. The summed E-state index contributed by atoms with van der Waals surface area (Å²) in [5, 5.41) is 33.5. The van der Waals surface area contributed by atoms with Crippen molar-refractivity contribution >= 4 is 52.8 Å². The molecule has 6 atom stereocenters. The number of carbonyl (C=O) groups is 6. The summed E-state index contributed by atoms with van der Waals surface area (Å²) >= 11 is 0. The van der Waals surface area contributed by atoms with Crippen LogP contribution in [0.2, 0.25) is 0 Å². The molecule has 3 aromatic carbocycles. The van der Waals surface area contributed by atoms with Crippen LogP contribution in [0.25, 0.3) is 0 Å². The number of anilines is 1. The van der Waals surface area contributed by atoms with E-state index in [0.717, 1.165) is 40.7 Å². The van der Waals surface area contributed by atoms with Crippen molar-refractivity contribution in [3.8, 4) is 5.75 Å². The Bertz CT molecular complexity index is 2530. The van der Waals surface area contributed by atoms with Crippen molar-refractivity contribution < 1.29 is 52.8 Å². The molecule has 0 radical (unpaired) electrons. The Balaban J connectivity index is 1.90. The predicted octanol–water partition coefficient (Wildman–Crippen LogP) is 6.36. The van der Waals surface area contributed by atoms with Gasteiger partial charge in [-0.05, 0) is 75.3 Å². The second kappa shape index (κ2) is 26.5. The number of nitrogens with one attached hydrogen (secondary N) is 4. The molecule has 1 aromatic heterocycles. The SMILES string of the molecule is CCCN(C(=O)[C@H](Cc1c[nH]cn1)N(C(=O)[C@@H](NC(=O)[C@H](Cc1ccc(OCc2ccccc2)cc1)NC(=O)[C@@H](NC(=O)OC(C)(C)C)C(C)C)[C@@H](C)CC)c1cccc([N+](=O)[O-])c1[N+](=O)[O-])[C@@H](C)C(=O)OC. The minimum Gasteiger partial charge on any atom is -0.489 e. The zero-order valence-corrected chi connectivity index (χ0v) is 42.9. The quantitative estimate of drug-likeness (QED) is 0.0319. The Labute approximate surface area is 424 Å². The molecule has 4 rings (SSSR count). The fraction of sp³-hybridized carbons (Fsp3) is 0.471. The van der Waals surface area contributed by atoms with Gasteiger partial charge < -0.3 is 40.0 Å². The molecule has 5 amide bonds. The predicted molar refractivity (Wildman–Crippen MR) is 269 cm³/mol. The fourth-order valence-corrected chi connectivity index (χ4v) is 7.83. The summed E-state index contributed by atoms with van der Waals surface area (Å²) in [6.07, 6.45) is 1.72. The Morgan fingerprint density at radius 3 is 2.00 bits per heavy atom. The molecule has 22 nitrogen and oxygen atoms in total. The highest BCUT2D eigenvalue weighted by molar-refractivity contribution is 6.07. The van der Waals surface area contributed by atoms with E-state index in [2.05, 4.69) is 25.9 Å². The second-order valence-corrected chi connectivity index (χ2v) is 18.8. The lowest BCUT2D eigenvalue weighted by molar-refractivity contribution is -0.422. The zero-order chi connectivity index (χ0) is 54.2. The van der Waals surface area contributed by atoms with Crippen molar-refractivity contribution in [2.45, 2.75) is 130 Å². The number of imidazole rings is 1. The molecule has 0 fully saturated rings. The lowest BCUT2D eigenvalue weighted by Gasteiger charge is -2.38. The number of methoxy groups -OCH3 is 1. The summed E-state index contributed by atoms with van der Waals surface area (Å²) in [5.41, 5.74) is -2.04. The summed E-state index contributed by atoms with van der Waals surface area (Å²) in [4.78, 5) is 118. The summed E-state index contributed by atoms with van der Waals surface area (Å²) < 4.78 is 16.4. The topological polar surface area (TPSA) is 288 Å². The Morgan fingerprint density at radius 1 is 0.781 bits per heavy atom. The fourth-order valence-electron chi connectivity index (χ4n) is 7.83. The molecule has 0 bridgehead atoms. The number of aromatic amines is 1.